The molecule has 0 aliphatic rings. The summed E-state index contributed by atoms with van der Waals surface area (Å²) < 4.78 is 13.0. The molecule has 0 saturated carbocycles. The van der Waals surface area contributed by atoms with E-state index in [2.05, 4.69) is 10.3 Å². The summed E-state index contributed by atoms with van der Waals surface area (Å²) in [6.45, 7) is 2.38. The average molecular weight is 283 g/mol. The molecule has 0 atom stereocenters. The van der Waals surface area contributed by atoms with E-state index in [9.17, 15) is 0 Å². The summed E-state index contributed by atoms with van der Waals surface area (Å²) >= 11 is 0. The molecule has 0 spiro atoms. The zero-order valence-electron chi connectivity index (χ0n) is 11.7. The summed E-state index contributed by atoms with van der Waals surface area (Å²) in [5.41, 5.74) is 1.94. The Hall–Kier alpha value is -2.40. The maximum Gasteiger partial charge on any atom is 0.119 e. The summed E-state index contributed by atoms with van der Waals surface area (Å²) in [4.78, 5) is 0. The molecule has 21 heavy (non-hydrogen) atoms. The number of nitrogens with zero attached hydrogens (tertiary/aromatic N) is 3. The van der Waals surface area contributed by atoms with Crippen LogP contribution in [0, 0.1) is 0 Å². The second-order valence-electron chi connectivity index (χ2n) is 4.58. The Morgan fingerprint density at radius 3 is 2.57 bits per heavy atom. The largest absolute Gasteiger partial charge is 0.491 e. The molecule has 0 saturated heterocycles. The molecule has 1 heterocycles. The number of hydrogen-bond acceptors (Lipinski definition) is 4. The van der Waals surface area contributed by atoms with Gasteiger partial charge in [0.1, 0.15) is 17.9 Å². The van der Waals surface area contributed by atoms with Crippen LogP contribution in [0.25, 0.3) is 11.0 Å². The number of para-hydroxylation sites is 2. The van der Waals surface area contributed by atoms with Crippen molar-refractivity contribution in [3.8, 4) is 5.75 Å². The molecule has 0 aliphatic heterocycles. The molecule has 0 aliphatic carbocycles. The van der Waals surface area contributed by atoms with Crippen molar-refractivity contribution in [2.24, 2.45) is 0 Å². The van der Waals surface area contributed by atoms with Gasteiger partial charge in [-0.3, -0.25) is 0 Å². The molecule has 1 aromatic heterocycles. The molecule has 5 heteroatoms. The van der Waals surface area contributed by atoms with Crippen LogP contribution in [0.3, 0.4) is 0 Å². The van der Waals surface area contributed by atoms with Gasteiger partial charge in [0.25, 0.3) is 0 Å². The molecule has 2 aromatic carbocycles. The fourth-order valence-corrected chi connectivity index (χ4v) is 2.07. The van der Waals surface area contributed by atoms with Crippen LogP contribution in [0.15, 0.2) is 54.6 Å². The lowest BCUT2D eigenvalue weighted by Crippen LogP contribution is -2.12. The van der Waals surface area contributed by atoms with E-state index in [1.807, 2.05) is 59.3 Å². The first-order valence-electron chi connectivity index (χ1n) is 6.97. The van der Waals surface area contributed by atoms with E-state index >= 15 is 0 Å². The molecule has 3 aromatic rings. The number of benzene rings is 2. The smallest absolute Gasteiger partial charge is 0.119 e. The summed E-state index contributed by atoms with van der Waals surface area (Å²) in [6, 6.07) is 17.6. The zero-order chi connectivity index (χ0) is 14.3. The van der Waals surface area contributed by atoms with Gasteiger partial charge in [0.05, 0.1) is 25.3 Å². The predicted octanol–water partition coefficient (Wildman–Crippen LogP) is 2.53. The van der Waals surface area contributed by atoms with E-state index in [1.165, 1.54) is 0 Å². The summed E-state index contributed by atoms with van der Waals surface area (Å²) in [5, 5.41) is 8.22. The lowest BCUT2D eigenvalue weighted by atomic mass is 10.3. The van der Waals surface area contributed by atoms with Gasteiger partial charge in [-0.2, -0.15) is 0 Å². The number of aromatic nitrogens is 3. The first-order chi connectivity index (χ1) is 10.4. The van der Waals surface area contributed by atoms with E-state index in [0.717, 1.165) is 16.8 Å². The molecule has 0 N–H and O–H groups in total. The van der Waals surface area contributed by atoms with Gasteiger partial charge in [0.2, 0.25) is 0 Å². The summed E-state index contributed by atoms with van der Waals surface area (Å²) in [5.74, 6) is 0.864. The van der Waals surface area contributed by atoms with E-state index in [4.69, 9.17) is 9.47 Å². The maximum atomic E-state index is 5.56. The highest BCUT2D eigenvalue weighted by Gasteiger charge is 2.02. The Bertz CT molecular complexity index is 682. The normalized spacial score (nSPS) is 10.9. The van der Waals surface area contributed by atoms with Gasteiger partial charge >= 0.3 is 0 Å². The quantitative estimate of drug-likeness (QED) is 0.625. The molecule has 0 amide bonds. The highest BCUT2D eigenvalue weighted by atomic mass is 16.5. The Labute approximate surface area is 123 Å². The van der Waals surface area contributed by atoms with Crippen molar-refractivity contribution in [3.63, 3.8) is 0 Å². The molecular formula is C16H17N3O2. The number of ether oxygens (including phenoxy) is 2. The summed E-state index contributed by atoms with van der Waals surface area (Å²) in [6.07, 6.45) is 0. The first-order valence-corrected chi connectivity index (χ1v) is 6.97. The Morgan fingerprint density at radius 2 is 1.67 bits per heavy atom. The molecule has 0 unspecified atom stereocenters. The number of rotatable bonds is 7. The van der Waals surface area contributed by atoms with Crippen molar-refractivity contribution in [2.45, 2.75) is 6.54 Å². The Kier molecular flexibility index (Phi) is 4.43. The standard InChI is InChI=1S/C16H17N3O2/c1-2-6-14(7-3-1)21-13-12-20-11-10-19-16-9-5-4-8-15(16)17-18-19/h1-9H,10-13H2. The van der Waals surface area contributed by atoms with Crippen molar-refractivity contribution in [2.75, 3.05) is 19.8 Å². The van der Waals surface area contributed by atoms with Crippen molar-refractivity contribution in [3.05, 3.63) is 54.6 Å². The first kappa shape index (κ1) is 13.6. The molecule has 0 fully saturated rings. The van der Waals surface area contributed by atoms with Gasteiger partial charge in [0, 0.05) is 0 Å². The van der Waals surface area contributed by atoms with Gasteiger partial charge < -0.3 is 9.47 Å². The molecular weight excluding hydrogens is 266 g/mol. The third-order valence-corrected chi connectivity index (χ3v) is 3.11. The van der Waals surface area contributed by atoms with Crippen LogP contribution in [0.1, 0.15) is 0 Å². The Balaban J connectivity index is 1.39. The number of fused-ring (bicyclic) bond motifs is 1. The third kappa shape index (κ3) is 3.58. The lowest BCUT2D eigenvalue weighted by molar-refractivity contribution is 0.0930. The van der Waals surface area contributed by atoms with Gasteiger partial charge in [-0.25, -0.2) is 4.68 Å². The van der Waals surface area contributed by atoms with Crippen LogP contribution < -0.4 is 4.74 Å². The topological polar surface area (TPSA) is 49.2 Å². The van der Waals surface area contributed by atoms with E-state index < -0.39 is 0 Å². The van der Waals surface area contributed by atoms with E-state index in [-0.39, 0.29) is 0 Å². The minimum Gasteiger partial charge on any atom is -0.491 e. The molecule has 0 bridgehead atoms. The minimum atomic E-state index is 0.544. The maximum absolute atomic E-state index is 5.56. The fourth-order valence-electron chi connectivity index (χ4n) is 2.07. The molecule has 0 radical (unpaired) electrons. The lowest BCUT2D eigenvalue weighted by Gasteiger charge is -2.07. The predicted molar refractivity (Wildman–Crippen MR) is 80.3 cm³/mol. The van der Waals surface area contributed by atoms with Gasteiger partial charge in [0.15, 0.2) is 0 Å². The van der Waals surface area contributed by atoms with Crippen LogP contribution in [-0.2, 0) is 11.3 Å². The van der Waals surface area contributed by atoms with E-state index in [1.54, 1.807) is 0 Å². The van der Waals surface area contributed by atoms with Gasteiger partial charge in [-0.05, 0) is 24.3 Å². The van der Waals surface area contributed by atoms with Gasteiger partial charge in [-0.1, -0.05) is 35.5 Å². The van der Waals surface area contributed by atoms with Crippen molar-refractivity contribution in [1.29, 1.82) is 0 Å². The molecule has 5 nitrogen and oxygen atoms in total. The zero-order valence-corrected chi connectivity index (χ0v) is 11.7. The molecule has 3 rings (SSSR count). The minimum absolute atomic E-state index is 0.544. The van der Waals surface area contributed by atoms with Gasteiger partial charge in [-0.15, -0.1) is 5.10 Å². The second kappa shape index (κ2) is 6.85. The monoisotopic (exact) mass is 283 g/mol. The fraction of sp³-hybridized carbons (Fsp3) is 0.250. The highest BCUT2D eigenvalue weighted by molar-refractivity contribution is 5.73. The van der Waals surface area contributed by atoms with Crippen LogP contribution in [-0.4, -0.2) is 34.8 Å². The van der Waals surface area contributed by atoms with Crippen LogP contribution in [0.4, 0.5) is 0 Å². The van der Waals surface area contributed by atoms with Crippen LogP contribution in [0.2, 0.25) is 0 Å². The summed E-state index contributed by atoms with van der Waals surface area (Å²) in [7, 11) is 0. The van der Waals surface area contributed by atoms with Crippen LogP contribution in [0.5, 0.6) is 5.75 Å². The average Bonchev–Trinajstić information content (AvgIpc) is 2.95. The van der Waals surface area contributed by atoms with Crippen molar-refractivity contribution in [1.82, 2.24) is 15.0 Å². The Morgan fingerprint density at radius 1 is 0.857 bits per heavy atom. The van der Waals surface area contributed by atoms with E-state index in [0.29, 0.717) is 26.4 Å². The number of hydrogen-bond donors (Lipinski definition) is 0. The second-order valence-corrected chi connectivity index (χ2v) is 4.58. The third-order valence-electron chi connectivity index (χ3n) is 3.11. The highest BCUT2D eigenvalue weighted by Crippen LogP contribution is 2.09. The van der Waals surface area contributed by atoms with Crippen LogP contribution >= 0.6 is 0 Å². The molecule has 108 valence electrons. The van der Waals surface area contributed by atoms with Crippen molar-refractivity contribution < 1.29 is 9.47 Å². The van der Waals surface area contributed by atoms with Crippen molar-refractivity contribution >= 4 is 11.0 Å². The SMILES string of the molecule is c1ccc(OCCOCCn2nnc3ccccc32)cc1.